The summed E-state index contributed by atoms with van der Waals surface area (Å²) in [6, 6.07) is 11.9. The number of aromatic nitrogens is 4. The van der Waals surface area contributed by atoms with Crippen LogP contribution in [0, 0.1) is 6.92 Å². The van der Waals surface area contributed by atoms with E-state index in [4.69, 9.17) is 0 Å². The molecule has 0 bridgehead atoms. The van der Waals surface area contributed by atoms with Crippen molar-refractivity contribution in [3.05, 3.63) is 66.4 Å². The minimum Gasteiger partial charge on any atom is -0.370 e. The van der Waals surface area contributed by atoms with Crippen LogP contribution in [0.2, 0.25) is 0 Å². The number of rotatable bonds is 4. The van der Waals surface area contributed by atoms with Crippen LogP contribution in [0.4, 0.5) is 11.4 Å². The molecule has 0 atom stereocenters. The lowest BCUT2D eigenvalue weighted by atomic mass is 10.0. The Morgan fingerprint density at radius 2 is 1.87 bits per heavy atom. The highest BCUT2D eigenvalue weighted by atomic mass is 16.1. The first-order valence-electron chi connectivity index (χ1n) is 10.6. The molecule has 156 valence electrons. The van der Waals surface area contributed by atoms with Gasteiger partial charge in [-0.15, -0.1) is 0 Å². The summed E-state index contributed by atoms with van der Waals surface area (Å²) in [6.45, 7) is 4.05. The Bertz CT molecular complexity index is 1220. The van der Waals surface area contributed by atoms with E-state index in [1.165, 1.54) is 19.3 Å². The summed E-state index contributed by atoms with van der Waals surface area (Å²) in [5.74, 6) is -0.269. The Hall–Kier alpha value is -3.74. The maximum atomic E-state index is 12.8. The standard InChI is InChI=1S/C24H24N6O/c1-16-5-7-19(14-26-16)27-24(31)23-21-12-17(6-8-22(21)28-29-23)18-11-20(15-25-13-18)30-9-3-2-4-10-30/h5-8,11-15H,2-4,9-10H2,1H3,(H,27,31)(H,28,29). The Kier molecular flexibility index (Phi) is 5.08. The number of piperidine rings is 1. The second-order valence-corrected chi connectivity index (χ2v) is 7.95. The van der Waals surface area contributed by atoms with Crippen molar-refractivity contribution in [2.24, 2.45) is 0 Å². The number of aromatic amines is 1. The molecule has 1 aliphatic rings. The topological polar surface area (TPSA) is 86.8 Å². The number of nitrogens with zero attached hydrogens (tertiary/aromatic N) is 4. The molecule has 4 aromatic rings. The molecule has 2 N–H and O–H groups in total. The van der Waals surface area contributed by atoms with Crippen molar-refractivity contribution in [3.63, 3.8) is 0 Å². The molecule has 0 radical (unpaired) electrons. The number of hydrogen-bond donors (Lipinski definition) is 2. The van der Waals surface area contributed by atoms with Gasteiger partial charge in [0.25, 0.3) is 5.91 Å². The maximum Gasteiger partial charge on any atom is 0.276 e. The number of H-pyrrole nitrogens is 1. The average molecular weight is 412 g/mol. The van der Waals surface area contributed by atoms with Gasteiger partial charge in [0.05, 0.1) is 29.3 Å². The van der Waals surface area contributed by atoms with E-state index < -0.39 is 0 Å². The summed E-state index contributed by atoms with van der Waals surface area (Å²) in [5.41, 5.74) is 5.89. The lowest BCUT2D eigenvalue weighted by Crippen LogP contribution is -2.29. The zero-order valence-electron chi connectivity index (χ0n) is 17.4. The third kappa shape index (κ3) is 3.99. The minimum absolute atomic E-state index is 0.269. The van der Waals surface area contributed by atoms with Crippen molar-refractivity contribution in [1.29, 1.82) is 0 Å². The molecule has 0 unspecified atom stereocenters. The van der Waals surface area contributed by atoms with Gasteiger partial charge >= 0.3 is 0 Å². The molecule has 7 nitrogen and oxygen atoms in total. The molecule has 4 heterocycles. The number of carbonyl (C=O) groups excluding carboxylic acids is 1. The second kappa shape index (κ2) is 8.18. The van der Waals surface area contributed by atoms with Gasteiger partial charge in [0, 0.05) is 35.9 Å². The van der Waals surface area contributed by atoms with E-state index in [0.717, 1.165) is 46.5 Å². The Morgan fingerprint density at radius 1 is 1.00 bits per heavy atom. The van der Waals surface area contributed by atoms with Crippen LogP contribution in [0.5, 0.6) is 0 Å². The summed E-state index contributed by atoms with van der Waals surface area (Å²) < 4.78 is 0. The van der Waals surface area contributed by atoms with E-state index in [-0.39, 0.29) is 5.91 Å². The fraction of sp³-hybridized carbons (Fsp3) is 0.250. The molecule has 0 aliphatic carbocycles. The smallest absolute Gasteiger partial charge is 0.276 e. The number of aryl methyl sites for hydroxylation is 1. The number of hydrogen-bond acceptors (Lipinski definition) is 5. The van der Waals surface area contributed by atoms with Crippen molar-refractivity contribution in [2.75, 3.05) is 23.3 Å². The van der Waals surface area contributed by atoms with Crippen LogP contribution in [0.25, 0.3) is 22.0 Å². The predicted octanol–water partition coefficient (Wildman–Crippen LogP) is 4.57. The fourth-order valence-electron chi connectivity index (χ4n) is 4.01. The van der Waals surface area contributed by atoms with Gasteiger partial charge in [-0.25, -0.2) is 0 Å². The second-order valence-electron chi connectivity index (χ2n) is 7.95. The van der Waals surface area contributed by atoms with E-state index in [0.29, 0.717) is 11.4 Å². The van der Waals surface area contributed by atoms with Gasteiger partial charge < -0.3 is 10.2 Å². The number of anilines is 2. The third-order valence-corrected chi connectivity index (χ3v) is 5.73. The van der Waals surface area contributed by atoms with E-state index in [9.17, 15) is 4.79 Å². The summed E-state index contributed by atoms with van der Waals surface area (Å²) in [4.78, 5) is 23.9. The number of nitrogens with one attached hydrogen (secondary N) is 2. The van der Waals surface area contributed by atoms with Gasteiger partial charge in [0.15, 0.2) is 5.69 Å². The summed E-state index contributed by atoms with van der Waals surface area (Å²) in [6.07, 6.45) is 9.18. The van der Waals surface area contributed by atoms with Crippen molar-refractivity contribution in [1.82, 2.24) is 20.2 Å². The monoisotopic (exact) mass is 412 g/mol. The zero-order chi connectivity index (χ0) is 21.2. The first-order chi connectivity index (χ1) is 15.2. The quantitative estimate of drug-likeness (QED) is 0.513. The van der Waals surface area contributed by atoms with Crippen LogP contribution in [0.3, 0.4) is 0 Å². The van der Waals surface area contributed by atoms with Crippen molar-refractivity contribution in [2.45, 2.75) is 26.2 Å². The summed E-state index contributed by atoms with van der Waals surface area (Å²) in [7, 11) is 0. The third-order valence-electron chi connectivity index (χ3n) is 5.73. The highest BCUT2D eigenvalue weighted by molar-refractivity contribution is 6.11. The lowest BCUT2D eigenvalue weighted by molar-refractivity contribution is 0.102. The van der Waals surface area contributed by atoms with E-state index in [1.54, 1.807) is 6.20 Å². The molecule has 1 amide bonds. The highest BCUT2D eigenvalue weighted by Gasteiger charge is 2.16. The molecule has 1 fully saturated rings. The largest absolute Gasteiger partial charge is 0.370 e. The van der Waals surface area contributed by atoms with Crippen molar-refractivity contribution >= 4 is 28.2 Å². The van der Waals surface area contributed by atoms with E-state index in [1.807, 2.05) is 49.6 Å². The number of pyridine rings is 2. The van der Waals surface area contributed by atoms with Crippen LogP contribution in [0.1, 0.15) is 35.4 Å². The predicted molar refractivity (Wildman–Crippen MR) is 122 cm³/mol. The molecular formula is C24H24N6O. The van der Waals surface area contributed by atoms with Gasteiger partial charge in [0.1, 0.15) is 0 Å². The number of fused-ring (bicyclic) bond motifs is 1. The zero-order valence-corrected chi connectivity index (χ0v) is 17.4. The Morgan fingerprint density at radius 3 is 2.68 bits per heavy atom. The van der Waals surface area contributed by atoms with E-state index >= 15 is 0 Å². The molecule has 1 aliphatic heterocycles. The average Bonchev–Trinajstić information content (AvgIpc) is 3.25. The number of carbonyl (C=O) groups is 1. The van der Waals surface area contributed by atoms with Gasteiger partial charge in [-0.1, -0.05) is 6.07 Å². The lowest BCUT2D eigenvalue weighted by Gasteiger charge is -2.28. The Labute approximate surface area is 180 Å². The first-order valence-corrected chi connectivity index (χ1v) is 10.6. The molecule has 0 spiro atoms. The molecule has 0 saturated carbocycles. The number of benzene rings is 1. The van der Waals surface area contributed by atoms with Crippen LogP contribution < -0.4 is 10.2 Å². The Balaban J connectivity index is 1.45. The maximum absolute atomic E-state index is 12.8. The van der Waals surface area contributed by atoms with Crippen LogP contribution in [0.15, 0.2) is 55.0 Å². The molecule has 7 heteroatoms. The molecular weight excluding hydrogens is 388 g/mol. The number of amides is 1. The highest BCUT2D eigenvalue weighted by Crippen LogP contribution is 2.29. The first kappa shape index (κ1) is 19.2. The summed E-state index contributed by atoms with van der Waals surface area (Å²) in [5, 5.41) is 10.9. The van der Waals surface area contributed by atoms with Gasteiger partial charge in [-0.3, -0.25) is 19.9 Å². The SMILES string of the molecule is Cc1ccc(NC(=O)c2n[nH]c3ccc(-c4cncc(N5CCCCC5)c4)cc23)cn1. The molecule has 5 rings (SSSR count). The minimum atomic E-state index is -0.269. The molecule has 3 aromatic heterocycles. The normalized spacial score (nSPS) is 14.0. The molecule has 1 saturated heterocycles. The van der Waals surface area contributed by atoms with Crippen LogP contribution in [-0.2, 0) is 0 Å². The van der Waals surface area contributed by atoms with Crippen molar-refractivity contribution in [3.8, 4) is 11.1 Å². The van der Waals surface area contributed by atoms with Crippen molar-refractivity contribution < 1.29 is 4.79 Å². The van der Waals surface area contributed by atoms with Crippen LogP contribution >= 0.6 is 0 Å². The summed E-state index contributed by atoms with van der Waals surface area (Å²) >= 11 is 0. The van der Waals surface area contributed by atoms with Gasteiger partial charge in [-0.05, 0) is 62.1 Å². The molecule has 1 aromatic carbocycles. The van der Waals surface area contributed by atoms with E-state index in [2.05, 4.69) is 36.4 Å². The van der Waals surface area contributed by atoms with Crippen LogP contribution in [-0.4, -0.2) is 39.2 Å². The fourth-order valence-corrected chi connectivity index (χ4v) is 4.01. The molecule has 31 heavy (non-hydrogen) atoms. The van der Waals surface area contributed by atoms with Gasteiger partial charge in [0.2, 0.25) is 0 Å². The van der Waals surface area contributed by atoms with Gasteiger partial charge in [-0.2, -0.15) is 5.10 Å².